The topological polar surface area (TPSA) is 60.0 Å². The van der Waals surface area contributed by atoms with Crippen molar-refractivity contribution in [2.45, 2.75) is 6.54 Å². The van der Waals surface area contributed by atoms with Crippen LogP contribution in [0.4, 0.5) is 0 Å². The number of nitrogens with zero attached hydrogens (tertiary/aromatic N) is 3. The van der Waals surface area contributed by atoms with Crippen LogP contribution in [0, 0.1) is 0 Å². The van der Waals surface area contributed by atoms with E-state index in [1.165, 1.54) is 5.56 Å². The van der Waals surface area contributed by atoms with Gasteiger partial charge in [0.25, 0.3) is 5.91 Å². The van der Waals surface area contributed by atoms with E-state index >= 15 is 0 Å². The maximum atomic E-state index is 11.6. The molecule has 1 saturated heterocycles. The van der Waals surface area contributed by atoms with Gasteiger partial charge in [-0.25, -0.2) is 0 Å². The minimum Gasteiger partial charge on any atom is -0.355 e. The summed E-state index contributed by atoms with van der Waals surface area (Å²) < 4.78 is 0. The van der Waals surface area contributed by atoms with Crippen LogP contribution in [0.15, 0.2) is 65.7 Å². The fourth-order valence-electron chi connectivity index (χ4n) is 3.48. The largest absolute Gasteiger partial charge is 0.355 e. The highest BCUT2D eigenvalue weighted by molar-refractivity contribution is 5.93. The highest BCUT2D eigenvalue weighted by Crippen LogP contribution is 2.07. The van der Waals surface area contributed by atoms with Crippen LogP contribution < -0.4 is 10.6 Å². The van der Waals surface area contributed by atoms with Crippen molar-refractivity contribution < 1.29 is 4.79 Å². The van der Waals surface area contributed by atoms with Crippen molar-refractivity contribution in [1.82, 2.24) is 20.4 Å². The molecular weight excluding hydrogens is 374 g/mol. The quantitative estimate of drug-likeness (QED) is 0.573. The van der Waals surface area contributed by atoms with Gasteiger partial charge in [-0.15, -0.1) is 0 Å². The van der Waals surface area contributed by atoms with E-state index in [9.17, 15) is 4.79 Å². The van der Waals surface area contributed by atoms with Gasteiger partial charge >= 0.3 is 0 Å². The lowest BCUT2D eigenvalue weighted by Gasteiger charge is -2.36. The van der Waals surface area contributed by atoms with Crippen molar-refractivity contribution in [3.63, 3.8) is 0 Å². The zero-order valence-corrected chi connectivity index (χ0v) is 17.8. The van der Waals surface area contributed by atoms with Gasteiger partial charge in [0, 0.05) is 58.9 Å². The van der Waals surface area contributed by atoms with E-state index in [2.05, 4.69) is 61.8 Å². The smallest absolute Gasteiger partial charge is 0.251 e. The van der Waals surface area contributed by atoms with Crippen molar-refractivity contribution in [3.05, 3.63) is 77.4 Å². The molecule has 6 nitrogen and oxygen atoms in total. The maximum Gasteiger partial charge on any atom is 0.251 e. The SMILES string of the molecule is CN=C(NCc1ccc(C(=O)NC)cc1)N1CCN(C/C=C/c2ccccc2)CC1. The standard InChI is InChI=1S/C24H31N5O/c1-25-23(30)22-12-10-21(11-13-22)19-27-24(26-2)29-17-15-28(16-18-29)14-6-9-20-7-4-3-5-8-20/h3-13H,14-19H2,1-2H3,(H,25,30)(H,26,27)/b9-6+. The third-order valence-electron chi connectivity index (χ3n) is 5.25. The summed E-state index contributed by atoms with van der Waals surface area (Å²) in [5.41, 5.74) is 3.03. The predicted molar refractivity (Wildman–Crippen MR) is 124 cm³/mol. The van der Waals surface area contributed by atoms with Gasteiger partial charge in [0.15, 0.2) is 5.96 Å². The molecule has 6 heteroatoms. The van der Waals surface area contributed by atoms with Crippen LogP contribution in [-0.2, 0) is 6.54 Å². The zero-order valence-electron chi connectivity index (χ0n) is 17.8. The number of rotatable bonds is 6. The predicted octanol–water partition coefficient (Wildman–Crippen LogP) is 2.45. The van der Waals surface area contributed by atoms with Crippen molar-refractivity contribution in [2.75, 3.05) is 46.8 Å². The number of carbonyl (C=O) groups excluding carboxylic acids is 1. The Morgan fingerprint density at radius 1 is 1.03 bits per heavy atom. The van der Waals surface area contributed by atoms with Crippen molar-refractivity contribution in [3.8, 4) is 0 Å². The third-order valence-corrected chi connectivity index (χ3v) is 5.25. The Kier molecular flexibility index (Phi) is 8.03. The number of carbonyl (C=O) groups is 1. The van der Waals surface area contributed by atoms with E-state index in [0.29, 0.717) is 12.1 Å². The molecule has 2 aromatic rings. The number of benzene rings is 2. The summed E-state index contributed by atoms with van der Waals surface area (Å²) in [4.78, 5) is 20.9. The highest BCUT2D eigenvalue weighted by Gasteiger charge is 2.18. The lowest BCUT2D eigenvalue weighted by Crippen LogP contribution is -2.52. The van der Waals surface area contributed by atoms with Crippen LogP contribution >= 0.6 is 0 Å². The first-order valence-electron chi connectivity index (χ1n) is 10.4. The van der Waals surface area contributed by atoms with Crippen molar-refractivity contribution >= 4 is 17.9 Å². The van der Waals surface area contributed by atoms with Gasteiger partial charge in [-0.1, -0.05) is 54.6 Å². The summed E-state index contributed by atoms with van der Waals surface area (Å²) in [7, 11) is 3.47. The monoisotopic (exact) mass is 405 g/mol. The minimum atomic E-state index is -0.0678. The number of hydrogen-bond donors (Lipinski definition) is 2. The molecule has 158 valence electrons. The molecule has 0 saturated carbocycles. The molecule has 0 aliphatic carbocycles. The molecule has 1 aliphatic rings. The normalized spacial score (nSPS) is 15.4. The van der Waals surface area contributed by atoms with Gasteiger partial charge in [-0.3, -0.25) is 14.7 Å². The van der Waals surface area contributed by atoms with E-state index in [4.69, 9.17) is 0 Å². The number of nitrogens with one attached hydrogen (secondary N) is 2. The number of guanidine groups is 1. The number of hydrogen-bond acceptors (Lipinski definition) is 3. The molecule has 1 fully saturated rings. The second-order valence-corrected chi connectivity index (χ2v) is 7.28. The maximum absolute atomic E-state index is 11.6. The Balaban J connectivity index is 1.43. The Hall–Kier alpha value is -3.12. The third kappa shape index (κ3) is 6.19. The minimum absolute atomic E-state index is 0.0678. The lowest BCUT2D eigenvalue weighted by molar-refractivity contribution is 0.0963. The summed E-state index contributed by atoms with van der Waals surface area (Å²) in [6.07, 6.45) is 4.42. The average molecular weight is 406 g/mol. The van der Waals surface area contributed by atoms with Crippen molar-refractivity contribution in [1.29, 1.82) is 0 Å². The molecule has 0 aromatic heterocycles. The number of amides is 1. The number of piperazine rings is 1. The molecule has 0 radical (unpaired) electrons. The van der Waals surface area contributed by atoms with Crippen LogP contribution in [-0.4, -0.2) is 68.5 Å². The Bertz CT molecular complexity index is 853. The van der Waals surface area contributed by atoms with E-state index in [1.807, 2.05) is 37.4 Å². The summed E-state index contributed by atoms with van der Waals surface area (Å²) >= 11 is 0. The van der Waals surface area contributed by atoms with E-state index in [0.717, 1.165) is 44.2 Å². The van der Waals surface area contributed by atoms with Crippen LogP contribution in [0.1, 0.15) is 21.5 Å². The molecule has 0 bridgehead atoms. The Labute approximate surface area is 179 Å². The van der Waals surface area contributed by atoms with Gasteiger partial charge < -0.3 is 15.5 Å². The molecule has 1 heterocycles. The molecule has 1 amide bonds. The fourth-order valence-corrected chi connectivity index (χ4v) is 3.48. The van der Waals surface area contributed by atoms with Crippen molar-refractivity contribution in [2.24, 2.45) is 4.99 Å². The van der Waals surface area contributed by atoms with Gasteiger partial charge in [-0.05, 0) is 23.3 Å². The zero-order chi connectivity index (χ0) is 21.2. The van der Waals surface area contributed by atoms with Crippen LogP contribution in [0.25, 0.3) is 6.08 Å². The first-order valence-corrected chi connectivity index (χ1v) is 10.4. The molecule has 0 unspecified atom stereocenters. The molecule has 0 atom stereocenters. The van der Waals surface area contributed by atoms with Crippen LogP contribution in [0.2, 0.25) is 0 Å². The molecule has 30 heavy (non-hydrogen) atoms. The molecule has 2 N–H and O–H groups in total. The van der Waals surface area contributed by atoms with Crippen LogP contribution in [0.3, 0.4) is 0 Å². The van der Waals surface area contributed by atoms with Gasteiger partial charge in [0.1, 0.15) is 0 Å². The van der Waals surface area contributed by atoms with Gasteiger partial charge in [0.05, 0.1) is 0 Å². The van der Waals surface area contributed by atoms with Crippen LogP contribution in [0.5, 0.6) is 0 Å². The molecule has 0 spiro atoms. The Morgan fingerprint density at radius 2 is 1.73 bits per heavy atom. The molecule has 2 aromatic carbocycles. The molecule has 3 rings (SSSR count). The summed E-state index contributed by atoms with van der Waals surface area (Å²) in [6, 6.07) is 18.1. The fraction of sp³-hybridized carbons (Fsp3) is 0.333. The second-order valence-electron chi connectivity index (χ2n) is 7.28. The summed E-state index contributed by atoms with van der Waals surface area (Å²) in [6.45, 7) is 5.58. The van der Waals surface area contributed by atoms with E-state index < -0.39 is 0 Å². The first-order chi connectivity index (χ1) is 14.7. The summed E-state index contributed by atoms with van der Waals surface area (Å²) in [5.74, 6) is 0.853. The molecule has 1 aliphatic heterocycles. The first kappa shape index (κ1) is 21.6. The second kappa shape index (κ2) is 11.2. The average Bonchev–Trinajstić information content (AvgIpc) is 2.81. The lowest BCUT2D eigenvalue weighted by atomic mass is 10.1. The molecular formula is C24H31N5O. The van der Waals surface area contributed by atoms with E-state index in [-0.39, 0.29) is 5.91 Å². The summed E-state index contributed by atoms with van der Waals surface area (Å²) in [5, 5.41) is 6.08. The number of aliphatic imine (C=N–C) groups is 1. The van der Waals surface area contributed by atoms with Gasteiger partial charge in [0.2, 0.25) is 0 Å². The van der Waals surface area contributed by atoms with Gasteiger partial charge in [-0.2, -0.15) is 0 Å². The highest BCUT2D eigenvalue weighted by atomic mass is 16.1. The Morgan fingerprint density at radius 3 is 2.37 bits per heavy atom. The van der Waals surface area contributed by atoms with E-state index in [1.54, 1.807) is 7.05 Å².